The van der Waals surface area contributed by atoms with Gasteiger partial charge in [-0.15, -0.1) is 13.2 Å². The minimum absolute atomic E-state index is 0.292. The molecule has 3 rings (SSSR count). The molecule has 174 valence electrons. The highest BCUT2D eigenvalue weighted by molar-refractivity contribution is 6.34. The molecule has 0 N–H and O–H groups in total. The lowest BCUT2D eigenvalue weighted by atomic mass is 10.0. The Hall–Kier alpha value is -3.20. The number of ether oxygens (including phenoxy) is 2. The first-order valence-corrected chi connectivity index (χ1v) is 9.91. The average Bonchev–Trinajstić information content (AvgIpc) is 2.70. The fourth-order valence-corrected chi connectivity index (χ4v) is 3.34. The van der Waals surface area contributed by atoms with Crippen LogP contribution in [0.5, 0.6) is 11.5 Å². The van der Waals surface area contributed by atoms with E-state index in [4.69, 9.17) is 16.3 Å². The van der Waals surface area contributed by atoms with Gasteiger partial charge >= 0.3 is 12.3 Å². The predicted octanol–water partition coefficient (Wildman–Crippen LogP) is 7.49. The topological polar surface area (TPSA) is 35.5 Å². The van der Waals surface area contributed by atoms with Crippen LogP contribution in [0.25, 0.3) is 11.1 Å². The van der Waals surface area contributed by atoms with Crippen molar-refractivity contribution in [2.75, 3.05) is 0 Å². The highest BCUT2D eigenvalue weighted by atomic mass is 35.5. The van der Waals surface area contributed by atoms with Crippen LogP contribution in [-0.4, -0.2) is 12.3 Å². The SMILES string of the molecule is CCCc1ccc(-c2cc(F)c(C(=O)Oc3cc(F)c(OC(F)(F)F)c(F)c3)c(Cl)c2)cc1. The summed E-state index contributed by atoms with van der Waals surface area (Å²) in [7, 11) is 0. The van der Waals surface area contributed by atoms with Crippen LogP contribution in [0.4, 0.5) is 26.3 Å². The quantitative estimate of drug-likeness (QED) is 0.205. The summed E-state index contributed by atoms with van der Waals surface area (Å²) < 4.78 is 87.0. The Morgan fingerprint density at radius 2 is 1.52 bits per heavy atom. The summed E-state index contributed by atoms with van der Waals surface area (Å²) in [6.45, 7) is 2.04. The van der Waals surface area contributed by atoms with Gasteiger partial charge in [-0.1, -0.05) is 49.2 Å². The molecule has 0 spiro atoms. The first kappa shape index (κ1) is 24.4. The average molecular weight is 489 g/mol. The smallest absolute Gasteiger partial charge is 0.423 e. The van der Waals surface area contributed by atoms with Crippen molar-refractivity contribution in [3.8, 4) is 22.6 Å². The number of hydrogen-bond acceptors (Lipinski definition) is 3. The summed E-state index contributed by atoms with van der Waals surface area (Å²) in [6, 6.07) is 10.2. The van der Waals surface area contributed by atoms with Gasteiger partial charge in [0.15, 0.2) is 11.6 Å². The molecule has 0 bridgehead atoms. The first-order valence-electron chi connectivity index (χ1n) is 9.53. The third-order valence-electron chi connectivity index (χ3n) is 4.47. The van der Waals surface area contributed by atoms with Gasteiger partial charge in [-0.2, -0.15) is 0 Å². The first-order chi connectivity index (χ1) is 15.5. The lowest BCUT2D eigenvalue weighted by Gasteiger charge is -2.13. The van der Waals surface area contributed by atoms with Crippen LogP contribution >= 0.6 is 11.6 Å². The highest BCUT2D eigenvalue weighted by Gasteiger charge is 2.34. The van der Waals surface area contributed by atoms with E-state index in [0.717, 1.165) is 24.5 Å². The molecule has 3 aromatic carbocycles. The van der Waals surface area contributed by atoms with E-state index in [1.807, 2.05) is 19.1 Å². The molecule has 0 radical (unpaired) electrons. The van der Waals surface area contributed by atoms with Gasteiger partial charge in [0.1, 0.15) is 17.1 Å². The maximum absolute atomic E-state index is 14.7. The van der Waals surface area contributed by atoms with Crippen molar-refractivity contribution in [2.45, 2.75) is 26.1 Å². The monoisotopic (exact) mass is 488 g/mol. The van der Waals surface area contributed by atoms with Crippen LogP contribution in [0, 0.1) is 17.5 Å². The molecular formula is C23H15ClF6O3. The van der Waals surface area contributed by atoms with Gasteiger partial charge in [0.25, 0.3) is 0 Å². The maximum Gasteiger partial charge on any atom is 0.573 e. The van der Waals surface area contributed by atoms with Crippen LogP contribution in [0.3, 0.4) is 0 Å². The van der Waals surface area contributed by atoms with Crippen molar-refractivity contribution >= 4 is 17.6 Å². The standard InChI is InChI=1S/C23H15ClF6O3/c1-2-3-12-4-6-13(7-5-12)14-8-16(24)20(17(25)9-14)22(31)32-15-10-18(26)21(19(27)11-15)33-23(28,29)30/h4-11H,2-3H2,1H3. The molecule has 3 aromatic rings. The zero-order chi connectivity index (χ0) is 24.3. The molecule has 0 atom stereocenters. The molecule has 0 aromatic heterocycles. The molecule has 3 nitrogen and oxygen atoms in total. The van der Waals surface area contributed by atoms with E-state index in [9.17, 15) is 31.1 Å². The van der Waals surface area contributed by atoms with Crippen LogP contribution < -0.4 is 9.47 Å². The van der Waals surface area contributed by atoms with Gasteiger partial charge in [-0.25, -0.2) is 18.0 Å². The number of halogens is 7. The number of hydrogen-bond donors (Lipinski definition) is 0. The maximum atomic E-state index is 14.7. The van der Waals surface area contributed by atoms with E-state index >= 15 is 0 Å². The van der Waals surface area contributed by atoms with E-state index < -0.39 is 46.8 Å². The third-order valence-corrected chi connectivity index (χ3v) is 4.77. The van der Waals surface area contributed by atoms with Crippen molar-refractivity contribution in [2.24, 2.45) is 0 Å². The fourth-order valence-electron chi connectivity index (χ4n) is 3.05. The van der Waals surface area contributed by atoms with Gasteiger partial charge in [0, 0.05) is 12.1 Å². The van der Waals surface area contributed by atoms with E-state index in [1.165, 1.54) is 6.07 Å². The number of rotatable bonds is 6. The second-order valence-electron chi connectivity index (χ2n) is 6.92. The summed E-state index contributed by atoms with van der Waals surface area (Å²) in [6.07, 6.45) is -3.50. The summed E-state index contributed by atoms with van der Waals surface area (Å²) in [4.78, 5) is 12.4. The number of carbonyl (C=O) groups is 1. The second-order valence-corrected chi connectivity index (χ2v) is 7.32. The van der Waals surface area contributed by atoms with E-state index in [0.29, 0.717) is 23.3 Å². The Labute approximate surface area is 189 Å². The zero-order valence-electron chi connectivity index (χ0n) is 16.9. The summed E-state index contributed by atoms with van der Waals surface area (Å²) in [5.41, 5.74) is 1.40. The predicted molar refractivity (Wildman–Crippen MR) is 109 cm³/mol. The van der Waals surface area contributed by atoms with E-state index in [1.54, 1.807) is 12.1 Å². The van der Waals surface area contributed by atoms with Crippen molar-refractivity contribution in [1.29, 1.82) is 0 Å². The van der Waals surface area contributed by atoms with Crippen LogP contribution in [-0.2, 0) is 6.42 Å². The molecule has 0 aliphatic heterocycles. The molecule has 0 saturated heterocycles. The number of carbonyl (C=O) groups excluding carboxylic acids is 1. The van der Waals surface area contributed by atoms with E-state index in [2.05, 4.69) is 4.74 Å². The van der Waals surface area contributed by atoms with Crippen LogP contribution in [0.15, 0.2) is 48.5 Å². The van der Waals surface area contributed by atoms with Crippen molar-refractivity contribution < 1.29 is 40.6 Å². The molecule has 0 amide bonds. The van der Waals surface area contributed by atoms with Crippen molar-refractivity contribution in [1.82, 2.24) is 0 Å². The van der Waals surface area contributed by atoms with Crippen molar-refractivity contribution in [3.63, 3.8) is 0 Å². The third kappa shape index (κ3) is 5.98. The molecular weight excluding hydrogens is 474 g/mol. The normalized spacial score (nSPS) is 11.4. The van der Waals surface area contributed by atoms with Gasteiger partial charge in [0.2, 0.25) is 5.75 Å². The summed E-state index contributed by atoms with van der Waals surface area (Å²) >= 11 is 6.05. The molecule has 0 fully saturated rings. The number of benzene rings is 3. The number of alkyl halides is 3. The van der Waals surface area contributed by atoms with Gasteiger partial charge in [-0.05, 0) is 35.2 Å². The molecule has 10 heteroatoms. The Morgan fingerprint density at radius 3 is 2.03 bits per heavy atom. The number of aryl methyl sites for hydroxylation is 1. The Morgan fingerprint density at radius 1 is 0.909 bits per heavy atom. The summed E-state index contributed by atoms with van der Waals surface area (Å²) in [5, 5.41) is -0.328. The molecule has 0 aliphatic carbocycles. The molecule has 0 saturated carbocycles. The molecule has 0 aliphatic rings. The lowest BCUT2D eigenvalue weighted by molar-refractivity contribution is -0.276. The lowest BCUT2D eigenvalue weighted by Crippen LogP contribution is -2.19. The van der Waals surface area contributed by atoms with Gasteiger partial charge < -0.3 is 9.47 Å². The molecule has 33 heavy (non-hydrogen) atoms. The summed E-state index contributed by atoms with van der Waals surface area (Å²) in [5.74, 6) is -8.53. The zero-order valence-corrected chi connectivity index (χ0v) is 17.7. The highest BCUT2D eigenvalue weighted by Crippen LogP contribution is 2.33. The van der Waals surface area contributed by atoms with Gasteiger partial charge in [0.05, 0.1) is 5.02 Å². The largest absolute Gasteiger partial charge is 0.573 e. The minimum atomic E-state index is -5.34. The second kappa shape index (κ2) is 9.74. The van der Waals surface area contributed by atoms with Crippen LogP contribution in [0.1, 0.15) is 29.3 Å². The molecule has 0 heterocycles. The van der Waals surface area contributed by atoms with Crippen molar-refractivity contribution in [3.05, 3.63) is 82.1 Å². The fraction of sp³-hybridized carbons (Fsp3) is 0.174. The number of esters is 1. The van der Waals surface area contributed by atoms with Gasteiger partial charge in [-0.3, -0.25) is 0 Å². The van der Waals surface area contributed by atoms with Crippen LogP contribution in [0.2, 0.25) is 5.02 Å². The minimum Gasteiger partial charge on any atom is -0.423 e. The Balaban J connectivity index is 1.84. The molecule has 0 unspecified atom stereocenters. The Kier molecular flexibility index (Phi) is 7.22. The Bertz CT molecular complexity index is 1130. The van der Waals surface area contributed by atoms with E-state index in [-0.39, 0.29) is 5.02 Å².